The highest BCUT2D eigenvalue weighted by atomic mass is 35.5. The summed E-state index contributed by atoms with van der Waals surface area (Å²) in [5.41, 5.74) is 4.27. The van der Waals surface area contributed by atoms with E-state index in [9.17, 15) is 14.9 Å². The number of nitrogens with one attached hydrogen (secondary N) is 1. The summed E-state index contributed by atoms with van der Waals surface area (Å²) >= 11 is 12.0. The molecule has 0 aliphatic carbocycles. The molecule has 0 aliphatic rings. The predicted octanol–water partition coefficient (Wildman–Crippen LogP) is 5.24. The van der Waals surface area contributed by atoms with Gasteiger partial charge in [-0.3, -0.25) is 14.9 Å². The van der Waals surface area contributed by atoms with Gasteiger partial charge in [-0.1, -0.05) is 35.3 Å². The standard InChI is InChI=1S/C21H15Cl2N3O4/c22-17-7-10-19(23)20(11-17)30-13-15-1-5-16(6-2-15)21(27)25-24-12-14-3-8-18(9-4-14)26(28)29/h1-12H,13H2,(H,25,27)/b24-12+. The number of carbonyl (C=O) groups is 1. The van der Waals surface area contributed by atoms with Crippen molar-refractivity contribution in [3.63, 3.8) is 0 Å². The van der Waals surface area contributed by atoms with E-state index in [4.69, 9.17) is 27.9 Å². The van der Waals surface area contributed by atoms with Gasteiger partial charge in [0.05, 0.1) is 16.2 Å². The number of amides is 1. The first-order valence-corrected chi connectivity index (χ1v) is 9.42. The Morgan fingerprint density at radius 1 is 1.07 bits per heavy atom. The van der Waals surface area contributed by atoms with Crippen LogP contribution in [0.4, 0.5) is 5.69 Å². The van der Waals surface area contributed by atoms with E-state index in [1.807, 2.05) is 0 Å². The van der Waals surface area contributed by atoms with Crippen molar-refractivity contribution in [2.75, 3.05) is 0 Å². The minimum Gasteiger partial charge on any atom is -0.487 e. The Morgan fingerprint density at radius 2 is 1.77 bits per heavy atom. The van der Waals surface area contributed by atoms with Gasteiger partial charge in [0.15, 0.2) is 0 Å². The van der Waals surface area contributed by atoms with E-state index in [2.05, 4.69) is 10.5 Å². The number of ether oxygens (including phenoxy) is 1. The van der Waals surface area contributed by atoms with Crippen LogP contribution in [0.1, 0.15) is 21.5 Å². The van der Waals surface area contributed by atoms with Crippen molar-refractivity contribution in [3.8, 4) is 5.75 Å². The molecule has 0 radical (unpaired) electrons. The second-order valence-corrected chi connectivity index (χ2v) is 6.95. The van der Waals surface area contributed by atoms with E-state index in [1.54, 1.807) is 42.5 Å². The van der Waals surface area contributed by atoms with Crippen LogP contribution in [0.3, 0.4) is 0 Å². The minimum absolute atomic E-state index is 0.0158. The molecule has 152 valence electrons. The second-order valence-electron chi connectivity index (χ2n) is 6.11. The molecular formula is C21H15Cl2N3O4. The maximum absolute atomic E-state index is 12.2. The fraction of sp³-hybridized carbons (Fsp3) is 0.0476. The molecular weight excluding hydrogens is 429 g/mol. The van der Waals surface area contributed by atoms with Gasteiger partial charge in [-0.2, -0.15) is 5.10 Å². The molecule has 3 aromatic rings. The lowest BCUT2D eigenvalue weighted by Crippen LogP contribution is -2.17. The third-order valence-corrected chi connectivity index (χ3v) is 4.53. The summed E-state index contributed by atoms with van der Waals surface area (Å²) in [6.07, 6.45) is 1.40. The van der Waals surface area contributed by atoms with Crippen molar-refractivity contribution in [2.24, 2.45) is 5.10 Å². The number of hydrogen-bond acceptors (Lipinski definition) is 5. The van der Waals surface area contributed by atoms with E-state index in [0.29, 0.717) is 26.9 Å². The zero-order valence-electron chi connectivity index (χ0n) is 15.4. The first-order chi connectivity index (χ1) is 14.4. The molecule has 0 atom stereocenters. The summed E-state index contributed by atoms with van der Waals surface area (Å²) in [7, 11) is 0. The molecule has 1 N–H and O–H groups in total. The van der Waals surface area contributed by atoms with Crippen LogP contribution < -0.4 is 10.2 Å². The number of nitrogens with zero attached hydrogens (tertiary/aromatic N) is 2. The van der Waals surface area contributed by atoms with E-state index < -0.39 is 10.8 Å². The molecule has 9 heteroatoms. The maximum atomic E-state index is 12.2. The van der Waals surface area contributed by atoms with Gasteiger partial charge < -0.3 is 4.74 Å². The van der Waals surface area contributed by atoms with E-state index in [-0.39, 0.29) is 12.3 Å². The molecule has 0 fully saturated rings. The van der Waals surface area contributed by atoms with Crippen molar-refractivity contribution < 1.29 is 14.5 Å². The van der Waals surface area contributed by atoms with E-state index >= 15 is 0 Å². The monoisotopic (exact) mass is 443 g/mol. The highest BCUT2D eigenvalue weighted by Crippen LogP contribution is 2.28. The average molecular weight is 444 g/mol. The third kappa shape index (κ3) is 5.79. The highest BCUT2D eigenvalue weighted by Gasteiger charge is 2.07. The van der Waals surface area contributed by atoms with Gasteiger partial charge in [-0.05, 0) is 47.5 Å². The van der Waals surface area contributed by atoms with Crippen LogP contribution in [-0.2, 0) is 6.61 Å². The van der Waals surface area contributed by atoms with Gasteiger partial charge >= 0.3 is 0 Å². The van der Waals surface area contributed by atoms with E-state index in [1.165, 1.54) is 30.5 Å². The molecule has 3 aromatic carbocycles. The number of hydrogen-bond donors (Lipinski definition) is 1. The van der Waals surface area contributed by atoms with Crippen LogP contribution in [0.25, 0.3) is 0 Å². The van der Waals surface area contributed by atoms with Gasteiger partial charge in [0, 0.05) is 28.8 Å². The molecule has 0 aliphatic heterocycles. The maximum Gasteiger partial charge on any atom is 0.271 e. The Kier molecular flexibility index (Phi) is 7.00. The Hall–Kier alpha value is -3.42. The van der Waals surface area contributed by atoms with Crippen LogP contribution in [-0.4, -0.2) is 17.0 Å². The fourth-order valence-electron chi connectivity index (χ4n) is 2.41. The molecule has 1 amide bonds. The first-order valence-electron chi connectivity index (χ1n) is 8.67. The van der Waals surface area contributed by atoms with Gasteiger partial charge in [0.25, 0.3) is 11.6 Å². The minimum atomic E-state index is -0.485. The number of benzene rings is 3. The van der Waals surface area contributed by atoms with Gasteiger partial charge in [0.2, 0.25) is 0 Å². The summed E-state index contributed by atoms with van der Waals surface area (Å²) in [4.78, 5) is 22.3. The van der Waals surface area contributed by atoms with Crippen LogP contribution in [0, 0.1) is 10.1 Å². The van der Waals surface area contributed by atoms with Gasteiger partial charge in [-0.25, -0.2) is 5.43 Å². The van der Waals surface area contributed by atoms with Crippen LogP contribution >= 0.6 is 23.2 Å². The smallest absolute Gasteiger partial charge is 0.271 e. The first kappa shape index (κ1) is 21.3. The lowest BCUT2D eigenvalue weighted by atomic mass is 10.1. The molecule has 30 heavy (non-hydrogen) atoms. The lowest BCUT2D eigenvalue weighted by Gasteiger charge is -2.09. The number of rotatable bonds is 7. The average Bonchev–Trinajstić information content (AvgIpc) is 2.75. The zero-order valence-corrected chi connectivity index (χ0v) is 16.9. The Morgan fingerprint density at radius 3 is 2.43 bits per heavy atom. The molecule has 0 spiro atoms. The highest BCUT2D eigenvalue weighted by molar-refractivity contribution is 6.34. The Balaban J connectivity index is 1.54. The quantitative estimate of drug-likeness (QED) is 0.306. The SMILES string of the molecule is O=C(N/N=C/c1ccc([N+](=O)[O-])cc1)c1ccc(COc2cc(Cl)ccc2Cl)cc1. The van der Waals surface area contributed by atoms with Crippen LogP contribution in [0.15, 0.2) is 71.8 Å². The number of nitro benzene ring substituents is 1. The molecule has 0 saturated carbocycles. The summed E-state index contributed by atoms with van der Waals surface area (Å²) in [5, 5.41) is 15.5. The Bertz CT molecular complexity index is 1080. The van der Waals surface area contributed by atoms with Crippen molar-refractivity contribution in [3.05, 3.63) is 104 Å². The Labute approximate surface area is 182 Å². The lowest BCUT2D eigenvalue weighted by molar-refractivity contribution is -0.384. The molecule has 0 heterocycles. The van der Waals surface area contributed by atoms with Crippen molar-refractivity contribution in [1.82, 2.24) is 5.43 Å². The summed E-state index contributed by atoms with van der Waals surface area (Å²) < 4.78 is 5.66. The summed E-state index contributed by atoms with van der Waals surface area (Å²) in [6, 6.07) is 17.6. The number of carbonyl (C=O) groups excluding carboxylic acids is 1. The third-order valence-electron chi connectivity index (χ3n) is 3.99. The number of hydrazone groups is 1. The van der Waals surface area contributed by atoms with Crippen molar-refractivity contribution in [1.29, 1.82) is 0 Å². The molecule has 7 nitrogen and oxygen atoms in total. The summed E-state index contributed by atoms with van der Waals surface area (Å²) in [5.74, 6) is 0.0880. The molecule has 0 unspecified atom stereocenters. The fourth-order valence-corrected chi connectivity index (χ4v) is 2.75. The predicted molar refractivity (Wildman–Crippen MR) is 115 cm³/mol. The number of non-ortho nitro benzene ring substituents is 1. The molecule has 0 bridgehead atoms. The molecule has 3 rings (SSSR count). The number of nitro groups is 1. The van der Waals surface area contributed by atoms with Crippen LogP contribution in [0.5, 0.6) is 5.75 Å². The normalized spacial score (nSPS) is 10.7. The number of halogens is 2. The van der Waals surface area contributed by atoms with Crippen molar-refractivity contribution in [2.45, 2.75) is 6.61 Å². The van der Waals surface area contributed by atoms with E-state index in [0.717, 1.165) is 5.56 Å². The second kappa shape index (κ2) is 9.87. The zero-order chi connectivity index (χ0) is 21.5. The summed E-state index contributed by atoms with van der Waals surface area (Å²) in [6.45, 7) is 0.264. The van der Waals surface area contributed by atoms with Crippen molar-refractivity contribution >= 4 is 41.0 Å². The topological polar surface area (TPSA) is 93.8 Å². The van der Waals surface area contributed by atoms with Crippen LogP contribution in [0.2, 0.25) is 10.0 Å². The van der Waals surface area contributed by atoms with Gasteiger partial charge in [0.1, 0.15) is 12.4 Å². The molecule has 0 aromatic heterocycles. The molecule has 0 saturated heterocycles. The van der Waals surface area contributed by atoms with Gasteiger partial charge in [-0.15, -0.1) is 0 Å². The largest absolute Gasteiger partial charge is 0.487 e.